The number of carbonyl (C=O) groups is 2. The third kappa shape index (κ3) is 2.75. The van der Waals surface area contributed by atoms with Crippen LogP contribution in [0.25, 0.3) is 0 Å². The minimum absolute atomic E-state index is 0.0330. The molecule has 1 saturated heterocycles. The second-order valence-corrected chi connectivity index (χ2v) is 4.92. The first kappa shape index (κ1) is 14.3. The zero-order valence-electron chi connectivity index (χ0n) is 11.5. The molecule has 3 N–H and O–H groups in total. The molecule has 1 aliphatic rings. The molecule has 0 bridgehead atoms. The lowest BCUT2D eigenvalue weighted by atomic mass is 9.96. The standard InChI is InChI=1S/C14H19N3O3/c1-16-6-7-17(9-13(16)18)12-5-3-2-4-10(12)11(8-15)14(19)20/h2-5,11H,6-9,15H2,1H3,(H,19,20). The van der Waals surface area contributed by atoms with Gasteiger partial charge in [0, 0.05) is 32.4 Å². The van der Waals surface area contributed by atoms with Crippen molar-refractivity contribution in [1.82, 2.24) is 4.90 Å². The Morgan fingerprint density at radius 1 is 1.40 bits per heavy atom. The molecule has 1 atom stereocenters. The smallest absolute Gasteiger partial charge is 0.312 e. The van der Waals surface area contributed by atoms with Gasteiger partial charge in [-0.1, -0.05) is 18.2 Å². The topological polar surface area (TPSA) is 86.9 Å². The van der Waals surface area contributed by atoms with Crippen molar-refractivity contribution in [2.24, 2.45) is 5.73 Å². The lowest BCUT2D eigenvalue weighted by molar-refractivity contribution is -0.138. The van der Waals surface area contributed by atoms with E-state index in [0.29, 0.717) is 18.7 Å². The van der Waals surface area contributed by atoms with E-state index in [-0.39, 0.29) is 19.0 Å². The van der Waals surface area contributed by atoms with E-state index >= 15 is 0 Å². The summed E-state index contributed by atoms with van der Waals surface area (Å²) in [5.74, 6) is -1.66. The second kappa shape index (κ2) is 5.92. The summed E-state index contributed by atoms with van der Waals surface area (Å²) in [5, 5.41) is 9.27. The van der Waals surface area contributed by atoms with Gasteiger partial charge in [0.15, 0.2) is 0 Å². The Morgan fingerprint density at radius 2 is 2.10 bits per heavy atom. The van der Waals surface area contributed by atoms with Crippen LogP contribution in [-0.4, -0.2) is 55.1 Å². The molecule has 0 saturated carbocycles. The Morgan fingerprint density at radius 3 is 2.70 bits per heavy atom. The lowest BCUT2D eigenvalue weighted by Gasteiger charge is -2.35. The summed E-state index contributed by atoms with van der Waals surface area (Å²) in [7, 11) is 1.77. The molecular formula is C14H19N3O3. The van der Waals surface area contributed by atoms with Gasteiger partial charge in [0.2, 0.25) is 5.91 Å². The Balaban J connectivity index is 2.32. The average molecular weight is 277 g/mol. The molecule has 1 unspecified atom stereocenters. The SMILES string of the molecule is CN1CCN(c2ccccc2C(CN)C(=O)O)CC1=O. The maximum Gasteiger partial charge on any atom is 0.312 e. The predicted molar refractivity (Wildman–Crippen MR) is 75.7 cm³/mol. The second-order valence-electron chi connectivity index (χ2n) is 4.92. The molecule has 1 aromatic carbocycles. The van der Waals surface area contributed by atoms with Crippen molar-refractivity contribution in [2.75, 3.05) is 38.1 Å². The quantitative estimate of drug-likeness (QED) is 0.814. The van der Waals surface area contributed by atoms with Crippen LogP contribution < -0.4 is 10.6 Å². The number of hydrogen-bond acceptors (Lipinski definition) is 4. The molecule has 20 heavy (non-hydrogen) atoms. The molecule has 108 valence electrons. The lowest BCUT2D eigenvalue weighted by Crippen LogP contribution is -2.49. The van der Waals surface area contributed by atoms with Gasteiger partial charge in [0.05, 0.1) is 12.5 Å². The highest BCUT2D eigenvalue weighted by Crippen LogP contribution is 2.28. The molecule has 6 nitrogen and oxygen atoms in total. The van der Waals surface area contributed by atoms with Crippen LogP contribution in [0, 0.1) is 0 Å². The predicted octanol–water partition coefficient (Wildman–Crippen LogP) is 0.0919. The number of carbonyl (C=O) groups excluding carboxylic acids is 1. The van der Waals surface area contributed by atoms with Gasteiger partial charge in [-0.25, -0.2) is 0 Å². The third-order valence-electron chi connectivity index (χ3n) is 3.64. The molecule has 1 aliphatic heterocycles. The van der Waals surface area contributed by atoms with Gasteiger partial charge in [0.25, 0.3) is 0 Å². The van der Waals surface area contributed by atoms with Crippen LogP contribution in [0.1, 0.15) is 11.5 Å². The molecule has 0 aliphatic carbocycles. The number of piperazine rings is 1. The molecule has 0 aromatic heterocycles. The highest BCUT2D eigenvalue weighted by molar-refractivity contribution is 5.84. The van der Waals surface area contributed by atoms with Crippen LogP contribution in [0.3, 0.4) is 0 Å². The van der Waals surface area contributed by atoms with Crippen molar-refractivity contribution in [2.45, 2.75) is 5.92 Å². The minimum Gasteiger partial charge on any atom is -0.481 e. The minimum atomic E-state index is -0.944. The van der Waals surface area contributed by atoms with E-state index in [4.69, 9.17) is 5.73 Å². The van der Waals surface area contributed by atoms with E-state index in [1.165, 1.54) is 0 Å². The highest BCUT2D eigenvalue weighted by Gasteiger charge is 2.27. The Kier molecular flexibility index (Phi) is 4.24. The van der Waals surface area contributed by atoms with Gasteiger partial charge in [-0.05, 0) is 11.6 Å². The Labute approximate surface area is 117 Å². The van der Waals surface area contributed by atoms with Crippen LogP contribution in [0.2, 0.25) is 0 Å². The van der Waals surface area contributed by atoms with Crippen LogP contribution in [0.15, 0.2) is 24.3 Å². The van der Waals surface area contributed by atoms with Gasteiger partial charge in [0.1, 0.15) is 0 Å². The number of rotatable bonds is 4. The molecule has 1 heterocycles. The fourth-order valence-corrected chi connectivity index (χ4v) is 2.40. The van der Waals surface area contributed by atoms with E-state index in [1.807, 2.05) is 17.0 Å². The maximum absolute atomic E-state index is 11.8. The molecular weight excluding hydrogens is 258 g/mol. The van der Waals surface area contributed by atoms with Crippen molar-refractivity contribution in [3.8, 4) is 0 Å². The summed E-state index contributed by atoms with van der Waals surface area (Å²) >= 11 is 0. The molecule has 6 heteroatoms. The number of amides is 1. The van der Waals surface area contributed by atoms with Crippen LogP contribution in [-0.2, 0) is 9.59 Å². The van der Waals surface area contributed by atoms with Crippen molar-refractivity contribution in [3.63, 3.8) is 0 Å². The van der Waals surface area contributed by atoms with Crippen molar-refractivity contribution in [3.05, 3.63) is 29.8 Å². The third-order valence-corrected chi connectivity index (χ3v) is 3.64. The Bertz CT molecular complexity index is 518. The fourth-order valence-electron chi connectivity index (χ4n) is 2.40. The number of benzene rings is 1. The van der Waals surface area contributed by atoms with Crippen molar-refractivity contribution in [1.29, 1.82) is 0 Å². The number of anilines is 1. The maximum atomic E-state index is 11.8. The molecule has 0 radical (unpaired) electrons. The highest BCUT2D eigenvalue weighted by atomic mass is 16.4. The number of nitrogens with zero attached hydrogens (tertiary/aromatic N) is 2. The number of aliphatic carboxylic acids is 1. The number of nitrogens with two attached hydrogens (primary N) is 1. The molecule has 1 fully saturated rings. The fraction of sp³-hybridized carbons (Fsp3) is 0.429. The van der Waals surface area contributed by atoms with E-state index in [0.717, 1.165) is 5.69 Å². The van der Waals surface area contributed by atoms with Crippen molar-refractivity contribution >= 4 is 17.6 Å². The van der Waals surface area contributed by atoms with Crippen LogP contribution >= 0.6 is 0 Å². The summed E-state index contributed by atoms with van der Waals surface area (Å²) in [6.07, 6.45) is 0. The molecule has 2 rings (SSSR count). The number of carboxylic acids is 1. The van der Waals surface area contributed by atoms with Gasteiger partial charge in [-0.3, -0.25) is 9.59 Å². The van der Waals surface area contributed by atoms with Crippen LogP contribution in [0.5, 0.6) is 0 Å². The summed E-state index contributed by atoms with van der Waals surface area (Å²) < 4.78 is 0. The van der Waals surface area contributed by atoms with E-state index in [1.54, 1.807) is 24.1 Å². The average Bonchev–Trinajstić information content (AvgIpc) is 2.43. The van der Waals surface area contributed by atoms with Crippen LogP contribution in [0.4, 0.5) is 5.69 Å². The van der Waals surface area contributed by atoms with E-state index < -0.39 is 11.9 Å². The van der Waals surface area contributed by atoms with Gasteiger partial charge >= 0.3 is 5.97 Å². The number of para-hydroxylation sites is 1. The zero-order chi connectivity index (χ0) is 14.7. The molecule has 1 aromatic rings. The molecule has 1 amide bonds. The first-order valence-electron chi connectivity index (χ1n) is 6.55. The summed E-state index contributed by atoms with van der Waals surface area (Å²) in [5.41, 5.74) is 7.03. The first-order chi connectivity index (χ1) is 9.54. The largest absolute Gasteiger partial charge is 0.481 e. The molecule has 0 spiro atoms. The van der Waals surface area contributed by atoms with Crippen molar-refractivity contribution < 1.29 is 14.7 Å². The summed E-state index contributed by atoms with van der Waals surface area (Å²) in [6.45, 7) is 1.63. The normalized spacial score (nSPS) is 17.2. The first-order valence-corrected chi connectivity index (χ1v) is 6.55. The summed E-state index contributed by atoms with van der Waals surface area (Å²) in [6, 6.07) is 7.25. The van der Waals surface area contributed by atoms with Gasteiger partial charge < -0.3 is 20.6 Å². The van der Waals surface area contributed by atoms with Gasteiger partial charge in [-0.2, -0.15) is 0 Å². The summed E-state index contributed by atoms with van der Waals surface area (Å²) in [4.78, 5) is 26.7. The van der Waals surface area contributed by atoms with E-state index in [2.05, 4.69) is 0 Å². The monoisotopic (exact) mass is 277 g/mol. The zero-order valence-corrected chi connectivity index (χ0v) is 11.5. The Hall–Kier alpha value is -2.08. The number of hydrogen-bond donors (Lipinski definition) is 2. The number of likely N-dealkylation sites (N-methyl/N-ethyl adjacent to an activating group) is 1. The number of carboxylic acid groups (broad SMARTS) is 1. The van der Waals surface area contributed by atoms with Gasteiger partial charge in [-0.15, -0.1) is 0 Å². The van der Waals surface area contributed by atoms with E-state index in [9.17, 15) is 14.7 Å².